The molecule has 1 amide bonds. The van der Waals surface area contributed by atoms with Crippen molar-refractivity contribution in [2.24, 2.45) is 0 Å². The topological polar surface area (TPSA) is 32.3 Å². The number of halogens is 1. The minimum absolute atomic E-state index is 0.0559. The first kappa shape index (κ1) is 13.0. The largest absolute Gasteiger partial charge is 0.358 e. The Morgan fingerprint density at radius 3 is 2.86 bits per heavy atom. The van der Waals surface area contributed by atoms with Crippen LogP contribution in [0.15, 0.2) is 41.3 Å². The zero-order valence-corrected chi connectivity index (χ0v) is 13.2. The number of nitrogens with zero attached hydrogens (tertiary/aromatic N) is 1. The lowest BCUT2D eigenvalue weighted by Gasteiger charge is -2.22. The van der Waals surface area contributed by atoms with Crippen LogP contribution in [-0.4, -0.2) is 13.0 Å². The molecule has 1 atom stereocenters. The Morgan fingerprint density at radius 2 is 2.05 bits per heavy atom. The molecule has 2 aliphatic heterocycles. The van der Waals surface area contributed by atoms with Crippen LogP contribution in [-0.2, 0) is 9.67 Å². The van der Waals surface area contributed by atoms with Crippen LogP contribution in [0.5, 0.6) is 0 Å². The molecule has 2 aromatic carbocycles. The normalized spacial score (nSPS) is 22.4. The lowest BCUT2D eigenvalue weighted by molar-refractivity contribution is -0.119. The van der Waals surface area contributed by atoms with Crippen LogP contribution in [0.25, 0.3) is 0 Å². The van der Waals surface area contributed by atoms with Gasteiger partial charge in [-0.25, -0.2) is 0 Å². The zero-order chi connectivity index (χ0) is 14.8. The lowest BCUT2D eigenvalue weighted by atomic mass is 10.0. The summed E-state index contributed by atoms with van der Waals surface area (Å²) < 4.78 is 0. The number of aryl methyl sites for hydroxylation is 1. The Labute approximate surface area is 132 Å². The summed E-state index contributed by atoms with van der Waals surface area (Å²) in [4.78, 5) is 14.9. The average Bonchev–Trinajstić information content (AvgIpc) is 2.92. The van der Waals surface area contributed by atoms with Gasteiger partial charge >= 0.3 is 0 Å². The fourth-order valence-electron chi connectivity index (χ4n) is 2.97. The second-order valence-electron chi connectivity index (χ2n) is 5.43. The molecule has 0 bridgehead atoms. The van der Waals surface area contributed by atoms with Gasteiger partial charge in [-0.2, -0.15) is 0 Å². The number of benzene rings is 2. The van der Waals surface area contributed by atoms with E-state index in [2.05, 4.69) is 11.4 Å². The van der Waals surface area contributed by atoms with Gasteiger partial charge in [-0.05, 0) is 31.2 Å². The highest BCUT2D eigenvalue weighted by atomic mass is 35.5. The number of amides is 1. The Hall–Kier alpha value is -1.65. The van der Waals surface area contributed by atoms with E-state index in [9.17, 15) is 4.79 Å². The van der Waals surface area contributed by atoms with E-state index in [-0.39, 0.29) is 5.91 Å². The van der Waals surface area contributed by atoms with Crippen LogP contribution in [0, 0.1) is 6.92 Å². The quantitative estimate of drug-likeness (QED) is 0.797. The molecular formula is C16H13ClN2OS. The molecule has 21 heavy (non-hydrogen) atoms. The molecule has 0 aliphatic carbocycles. The Kier molecular flexibility index (Phi) is 2.60. The molecule has 3 nitrogen and oxygen atoms in total. The second-order valence-corrected chi connectivity index (χ2v) is 7.13. The maximum Gasteiger partial charge on any atom is 0.268 e. The van der Waals surface area contributed by atoms with Gasteiger partial charge < -0.3 is 10.2 Å². The molecule has 2 aromatic rings. The number of carbonyl (C=O) groups is 1. The summed E-state index contributed by atoms with van der Waals surface area (Å²) in [6.07, 6.45) is 0. The molecule has 0 radical (unpaired) electrons. The van der Waals surface area contributed by atoms with Gasteiger partial charge in [0.05, 0.1) is 11.4 Å². The number of rotatable bonds is 0. The SMILES string of the molecule is Cc1ccc2c(c1)C1(Nc3cc(Cl)ccc3S1)C(=O)N2C. The van der Waals surface area contributed by atoms with E-state index < -0.39 is 4.87 Å². The first-order valence-electron chi connectivity index (χ1n) is 6.67. The van der Waals surface area contributed by atoms with Gasteiger partial charge in [-0.15, -0.1) is 0 Å². The summed E-state index contributed by atoms with van der Waals surface area (Å²) >= 11 is 7.62. The van der Waals surface area contributed by atoms with E-state index in [1.54, 1.807) is 16.7 Å². The average molecular weight is 317 g/mol. The zero-order valence-electron chi connectivity index (χ0n) is 11.6. The number of fused-ring (bicyclic) bond motifs is 3. The highest BCUT2D eigenvalue weighted by Gasteiger charge is 2.54. The number of anilines is 2. The van der Waals surface area contributed by atoms with Crippen LogP contribution in [0.3, 0.4) is 0 Å². The van der Waals surface area contributed by atoms with Crippen molar-refractivity contribution >= 4 is 40.6 Å². The summed E-state index contributed by atoms with van der Waals surface area (Å²) in [5.41, 5.74) is 4.05. The van der Waals surface area contributed by atoms with Crippen molar-refractivity contribution in [2.75, 3.05) is 17.3 Å². The summed E-state index contributed by atoms with van der Waals surface area (Å²) in [5, 5.41) is 4.07. The molecule has 1 unspecified atom stereocenters. The lowest BCUT2D eigenvalue weighted by Crippen LogP contribution is -2.39. The fraction of sp³-hybridized carbons (Fsp3) is 0.188. The van der Waals surface area contributed by atoms with Crippen LogP contribution < -0.4 is 10.2 Å². The van der Waals surface area contributed by atoms with Crippen molar-refractivity contribution in [2.45, 2.75) is 16.7 Å². The van der Waals surface area contributed by atoms with Crippen molar-refractivity contribution in [3.63, 3.8) is 0 Å². The van der Waals surface area contributed by atoms with Crippen LogP contribution in [0.4, 0.5) is 11.4 Å². The van der Waals surface area contributed by atoms with Gasteiger partial charge in [0, 0.05) is 22.5 Å². The molecule has 2 aliphatic rings. The van der Waals surface area contributed by atoms with E-state index in [0.29, 0.717) is 5.02 Å². The maximum atomic E-state index is 12.9. The molecule has 0 saturated carbocycles. The maximum absolute atomic E-state index is 12.9. The van der Waals surface area contributed by atoms with Crippen molar-refractivity contribution in [3.05, 3.63) is 52.5 Å². The molecule has 0 aromatic heterocycles. The van der Waals surface area contributed by atoms with Gasteiger partial charge in [-0.3, -0.25) is 4.79 Å². The predicted octanol–water partition coefficient (Wildman–Crippen LogP) is 4.00. The molecule has 2 heterocycles. The summed E-state index contributed by atoms with van der Waals surface area (Å²) in [7, 11) is 1.82. The monoisotopic (exact) mass is 316 g/mol. The molecule has 5 heteroatoms. The van der Waals surface area contributed by atoms with Crippen molar-refractivity contribution in [3.8, 4) is 0 Å². The second kappa shape index (κ2) is 4.18. The van der Waals surface area contributed by atoms with E-state index in [1.165, 1.54) is 0 Å². The van der Waals surface area contributed by atoms with Crippen LogP contribution in [0.1, 0.15) is 11.1 Å². The molecule has 0 saturated heterocycles. The molecule has 4 rings (SSSR count). The van der Waals surface area contributed by atoms with E-state index in [0.717, 1.165) is 27.4 Å². The minimum atomic E-state index is -0.761. The van der Waals surface area contributed by atoms with Crippen LogP contribution in [0.2, 0.25) is 5.02 Å². The number of likely N-dealkylation sites (N-methyl/N-ethyl adjacent to an activating group) is 1. The third-order valence-corrected chi connectivity index (χ3v) is 5.63. The van der Waals surface area contributed by atoms with Gasteiger partial charge in [0.1, 0.15) is 0 Å². The van der Waals surface area contributed by atoms with E-state index >= 15 is 0 Å². The highest BCUT2D eigenvalue weighted by molar-refractivity contribution is 8.01. The predicted molar refractivity (Wildman–Crippen MR) is 87.2 cm³/mol. The van der Waals surface area contributed by atoms with Gasteiger partial charge in [0.25, 0.3) is 5.91 Å². The third kappa shape index (κ3) is 1.66. The van der Waals surface area contributed by atoms with Crippen molar-refractivity contribution in [1.29, 1.82) is 0 Å². The van der Waals surface area contributed by atoms with Gasteiger partial charge in [-0.1, -0.05) is 41.1 Å². The minimum Gasteiger partial charge on any atom is -0.358 e. The Balaban J connectivity index is 1.91. The number of nitrogens with one attached hydrogen (secondary N) is 1. The number of hydrogen-bond acceptors (Lipinski definition) is 3. The number of hydrogen-bond donors (Lipinski definition) is 1. The molecule has 1 N–H and O–H groups in total. The molecule has 106 valence electrons. The van der Waals surface area contributed by atoms with E-state index in [4.69, 9.17) is 11.6 Å². The smallest absolute Gasteiger partial charge is 0.268 e. The number of thioether (sulfide) groups is 1. The van der Waals surface area contributed by atoms with Crippen molar-refractivity contribution in [1.82, 2.24) is 0 Å². The summed E-state index contributed by atoms with van der Waals surface area (Å²) in [6.45, 7) is 2.04. The van der Waals surface area contributed by atoms with Crippen LogP contribution >= 0.6 is 23.4 Å². The first-order chi connectivity index (χ1) is 10.0. The first-order valence-corrected chi connectivity index (χ1v) is 7.87. The highest BCUT2D eigenvalue weighted by Crippen LogP contribution is 2.57. The molecule has 1 spiro atoms. The summed E-state index contributed by atoms with van der Waals surface area (Å²) in [5.74, 6) is 0.0559. The standard InChI is InChI=1S/C16H13ClN2OS/c1-9-3-5-13-11(7-9)16(15(20)19(13)2)18-12-8-10(17)4-6-14(12)21-16/h3-8,18H,1-2H3. The summed E-state index contributed by atoms with van der Waals surface area (Å²) in [6, 6.07) is 11.8. The third-order valence-electron chi connectivity index (χ3n) is 4.01. The molecule has 0 fully saturated rings. The van der Waals surface area contributed by atoms with E-state index in [1.807, 2.05) is 44.3 Å². The Morgan fingerprint density at radius 1 is 1.24 bits per heavy atom. The Bertz CT molecular complexity index is 792. The van der Waals surface area contributed by atoms with Gasteiger partial charge in [0.2, 0.25) is 0 Å². The molecular weight excluding hydrogens is 304 g/mol. The van der Waals surface area contributed by atoms with Crippen molar-refractivity contribution < 1.29 is 4.79 Å². The number of carbonyl (C=O) groups excluding carboxylic acids is 1. The fourth-order valence-corrected chi connectivity index (χ4v) is 4.49. The van der Waals surface area contributed by atoms with Gasteiger partial charge in [0.15, 0.2) is 4.87 Å².